The third-order valence-electron chi connectivity index (χ3n) is 2.43. The summed E-state index contributed by atoms with van der Waals surface area (Å²) in [7, 11) is 6.32. The number of hydrogen-bond donors (Lipinski definition) is 0. The van der Waals surface area contributed by atoms with E-state index in [4.69, 9.17) is 17.1 Å². The molecule has 1 rings (SSSR count). The molecule has 1 heterocycles. The minimum absolute atomic E-state index is 0.0301. The maximum atomic E-state index is 12.7. The van der Waals surface area contributed by atoms with Gasteiger partial charge in [-0.05, 0) is 27.9 Å². The summed E-state index contributed by atoms with van der Waals surface area (Å²) in [6.45, 7) is 5.16. The van der Waals surface area contributed by atoms with Crippen LogP contribution in [0.25, 0.3) is 0 Å². The van der Waals surface area contributed by atoms with Crippen molar-refractivity contribution in [3.8, 4) is 0 Å². The molecule has 0 amide bonds. The van der Waals surface area contributed by atoms with Gasteiger partial charge in [-0.2, -0.15) is 0 Å². The molecule has 0 aromatic rings. The van der Waals surface area contributed by atoms with Crippen molar-refractivity contribution in [3.63, 3.8) is 0 Å². The molecule has 1 fully saturated rings. The molecule has 92 valence electrons. The van der Waals surface area contributed by atoms with Crippen molar-refractivity contribution in [1.29, 1.82) is 0 Å². The number of ether oxygens (including phenoxy) is 1. The molecule has 5 nitrogen and oxygen atoms in total. The molecule has 0 N–H and O–H groups in total. The summed E-state index contributed by atoms with van der Waals surface area (Å²) in [5, 5.41) is 0. The Balaban J connectivity index is 2.82. The Labute approximate surface area is 99.0 Å². The fraction of sp³-hybridized carbons (Fsp3) is 1.00. The van der Waals surface area contributed by atoms with E-state index in [2.05, 4.69) is 0 Å². The average molecular weight is 246 g/mol. The van der Waals surface area contributed by atoms with Gasteiger partial charge in [-0.25, -0.2) is 9.34 Å². The van der Waals surface area contributed by atoms with Gasteiger partial charge in [-0.1, -0.05) is 0 Å². The Kier molecular flexibility index (Phi) is 5.01. The standard InChI is InChI=1S/C9H20BN2O3P/c1-5-14-16(13,11(3)4)12-6-8(2)15-9(10)7-12/h8-9H,5-7H2,1-4H3. The lowest BCUT2D eigenvalue weighted by Crippen LogP contribution is -2.47. The highest BCUT2D eigenvalue weighted by Crippen LogP contribution is 2.53. The highest BCUT2D eigenvalue weighted by molar-refractivity contribution is 7.53. The van der Waals surface area contributed by atoms with E-state index in [-0.39, 0.29) is 6.10 Å². The number of hydrogen-bond acceptors (Lipinski definition) is 3. The van der Waals surface area contributed by atoms with Crippen LogP contribution < -0.4 is 0 Å². The summed E-state index contributed by atoms with van der Waals surface area (Å²) in [4.78, 5) is 0. The molecule has 1 saturated heterocycles. The molecule has 2 radical (unpaired) electrons. The molecular weight excluding hydrogens is 226 g/mol. The molecule has 1 aliphatic rings. The van der Waals surface area contributed by atoms with Crippen LogP contribution in [-0.4, -0.2) is 63.1 Å². The van der Waals surface area contributed by atoms with Crippen molar-refractivity contribution in [2.24, 2.45) is 0 Å². The van der Waals surface area contributed by atoms with Gasteiger partial charge in [0.1, 0.15) is 7.85 Å². The predicted octanol–water partition coefficient (Wildman–Crippen LogP) is 0.908. The highest BCUT2D eigenvalue weighted by Gasteiger charge is 2.38. The molecule has 0 aromatic carbocycles. The minimum Gasteiger partial charge on any atom is -0.382 e. The topological polar surface area (TPSA) is 42.0 Å². The zero-order chi connectivity index (χ0) is 12.3. The first-order chi connectivity index (χ1) is 7.40. The first kappa shape index (κ1) is 14.2. The smallest absolute Gasteiger partial charge is 0.345 e. The Morgan fingerprint density at radius 1 is 1.56 bits per heavy atom. The van der Waals surface area contributed by atoms with Gasteiger partial charge in [-0.15, -0.1) is 0 Å². The molecule has 0 spiro atoms. The van der Waals surface area contributed by atoms with Gasteiger partial charge in [0.2, 0.25) is 0 Å². The zero-order valence-corrected chi connectivity index (χ0v) is 11.3. The molecule has 1 aliphatic heterocycles. The van der Waals surface area contributed by atoms with Gasteiger partial charge in [0, 0.05) is 19.1 Å². The van der Waals surface area contributed by atoms with E-state index in [1.807, 2.05) is 13.8 Å². The number of rotatable bonds is 4. The molecule has 0 bridgehead atoms. The van der Waals surface area contributed by atoms with E-state index in [0.29, 0.717) is 19.7 Å². The van der Waals surface area contributed by atoms with Gasteiger partial charge in [0.05, 0.1) is 12.7 Å². The molecule has 0 saturated carbocycles. The zero-order valence-electron chi connectivity index (χ0n) is 10.4. The van der Waals surface area contributed by atoms with Crippen molar-refractivity contribution >= 4 is 15.5 Å². The lowest BCUT2D eigenvalue weighted by molar-refractivity contribution is -0.0206. The molecule has 3 unspecified atom stereocenters. The van der Waals surface area contributed by atoms with Crippen LogP contribution in [0.3, 0.4) is 0 Å². The van der Waals surface area contributed by atoms with Crippen LogP contribution in [0.4, 0.5) is 0 Å². The van der Waals surface area contributed by atoms with Gasteiger partial charge in [0.15, 0.2) is 0 Å². The van der Waals surface area contributed by atoms with Gasteiger partial charge >= 0.3 is 7.67 Å². The van der Waals surface area contributed by atoms with E-state index in [1.165, 1.54) is 0 Å². The third kappa shape index (κ3) is 3.08. The summed E-state index contributed by atoms with van der Waals surface area (Å²) in [6.07, 6.45) is -0.0301. The lowest BCUT2D eigenvalue weighted by atomic mass is 9.99. The van der Waals surface area contributed by atoms with E-state index >= 15 is 0 Å². The fourth-order valence-electron chi connectivity index (χ4n) is 1.79. The molecular formula is C9H20BN2O3P. The monoisotopic (exact) mass is 246 g/mol. The Bertz CT molecular complexity index is 267. The predicted molar refractivity (Wildman–Crippen MR) is 64.6 cm³/mol. The Morgan fingerprint density at radius 2 is 2.19 bits per heavy atom. The van der Waals surface area contributed by atoms with Crippen molar-refractivity contribution in [2.75, 3.05) is 33.8 Å². The van der Waals surface area contributed by atoms with E-state index in [9.17, 15) is 4.57 Å². The Morgan fingerprint density at radius 3 is 2.62 bits per heavy atom. The number of nitrogens with zero attached hydrogens (tertiary/aromatic N) is 2. The van der Waals surface area contributed by atoms with Crippen LogP contribution in [0.1, 0.15) is 13.8 Å². The molecule has 3 atom stereocenters. The highest BCUT2D eigenvalue weighted by atomic mass is 31.2. The fourth-order valence-corrected chi connectivity index (χ4v) is 3.83. The summed E-state index contributed by atoms with van der Waals surface area (Å²) in [5.41, 5.74) is 0. The molecule has 7 heteroatoms. The van der Waals surface area contributed by atoms with E-state index < -0.39 is 13.7 Å². The third-order valence-corrected chi connectivity index (χ3v) is 5.07. The van der Waals surface area contributed by atoms with E-state index in [0.717, 1.165) is 0 Å². The Hall–Kier alpha value is 0.135. The molecule has 0 aromatic heterocycles. The van der Waals surface area contributed by atoms with Crippen LogP contribution in [0, 0.1) is 0 Å². The van der Waals surface area contributed by atoms with E-state index in [1.54, 1.807) is 23.4 Å². The summed E-state index contributed by atoms with van der Waals surface area (Å²) < 4.78 is 26.9. The van der Waals surface area contributed by atoms with Crippen LogP contribution in [0.5, 0.6) is 0 Å². The van der Waals surface area contributed by atoms with Crippen LogP contribution in [0.2, 0.25) is 0 Å². The normalized spacial score (nSPS) is 31.6. The molecule has 16 heavy (non-hydrogen) atoms. The second kappa shape index (κ2) is 5.65. The first-order valence-electron chi connectivity index (χ1n) is 5.49. The average Bonchev–Trinajstić information content (AvgIpc) is 2.16. The maximum Gasteiger partial charge on any atom is 0.345 e. The SMILES string of the molecule is [B]C1CN(P(=O)(OCC)N(C)C)CC(C)O1. The maximum absolute atomic E-state index is 12.7. The van der Waals surface area contributed by atoms with Gasteiger partial charge in [0.25, 0.3) is 0 Å². The summed E-state index contributed by atoms with van der Waals surface area (Å²) in [6, 6.07) is -0.405. The second-order valence-electron chi connectivity index (χ2n) is 4.11. The van der Waals surface area contributed by atoms with Crippen LogP contribution >= 0.6 is 7.67 Å². The van der Waals surface area contributed by atoms with Gasteiger partial charge < -0.3 is 9.26 Å². The van der Waals surface area contributed by atoms with Gasteiger partial charge in [-0.3, -0.25) is 4.57 Å². The van der Waals surface area contributed by atoms with Crippen molar-refractivity contribution in [1.82, 2.24) is 9.34 Å². The summed E-state index contributed by atoms with van der Waals surface area (Å²) in [5.74, 6) is 0. The van der Waals surface area contributed by atoms with Crippen molar-refractivity contribution < 1.29 is 13.8 Å². The van der Waals surface area contributed by atoms with Crippen molar-refractivity contribution in [2.45, 2.75) is 26.0 Å². The quantitative estimate of drug-likeness (QED) is 0.544. The van der Waals surface area contributed by atoms with Crippen LogP contribution in [-0.2, 0) is 13.8 Å². The minimum atomic E-state index is -2.93. The van der Waals surface area contributed by atoms with Crippen LogP contribution in [0.15, 0.2) is 0 Å². The molecule has 0 aliphatic carbocycles. The lowest BCUT2D eigenvalue weighted by Gasteiger charge is -2.41. The van der Waals surface area contributed by atoms with Crippen molar-refractivity contribution in [3.05, 3.63) is 0 Å². The second-order valence-corrected chi connectivity index (χ2v) is 6.72. The first-order valence-corrected chi connectivity index (χ1v) is 7.02. The number of morpholine rings is 1. The summed E-state index contributed by atoms with van der Waals surface area (Å²) >= 11 is 0. The largest absolute Gasteiger partial charge is 0.382 e.